The molecule has 1 N–H and O–H groups in total. The Morgan fingerprint density at radius 2 is 2.33 bits per heavy atom. The van der Waals surface area contributed by atoms with Gasteiger partial charge >= 0.3 is 0 Å². The van der Waals surface area contributed by atoms with Gasteiger partial charge < -0.3 is 5.32 Å². The minimum Gasteiger partial charge on any atom is -0.309 e. The summed E-state index contributed by atoms with van der Waals surface area (Å²) in [7, 11) is 0. The van der Waals surface area contributed by atoms with Crippen LogP contribution in [0.15, 0.2) is 22.8 Å². The average molecular weight is 311 g/mol. The van der Waals surface area contributed by atoms with Gasteiger partial charge in [0.1, 0.15) is 0 Å². The van der Waals surface area contributed by atoms with Crippen LogP contribution in [-0.2, 0) is 0 Å². The van der Waals surface area contributed by atoms with Crippen LogP contribution >= 0.6 is 15.9 Å². The van der Waals surface area contributed by atoms with Crippen molar-refractivity contribution in [2.75, 3.05) is 6.54 Å². The van der Waals surface area contributed by atoms with Crippen LogP contribution in [0.2, 0.25) is 0 Å². The third kappa shape index (κ3) is 3.33. The molecule has 0 radical (unpaired) electrons. The molecule has 2 rings (SSSR count). The van der Waals surface area contributed by atoms with Crippen molar-refractivity contribution in [3.63, 3.8) is 0 Å². The first kappa shape index (κ1) is 14.0. The van der Waals surface area contributed by atoms with E-state index in [2.05, 4.69) is 46.1 Å². The van der Waals surface area contributed by atoms with Crippen LogP contribution in [0.1, 0.15) is 51.3 Å². The highest BCUT2D eigenvalue weighted by atomic mass is 79.9. The molecule has 0 bridgehead atoms. The minimum absolute atomic E-state index is 0.397. The molecule has 0 aromatic carbocycles. The number of halogens is 1. The standard InChI is InChI=1S/C15H23BrN2/c1-3-17-14(12-7-4-6-11(2)10-12)15-13(16)8-5-9-18-15/h5,8-9,11-12,14,17H,3-4,6-7,10H2,1-2H3. The molecule has 1 saturated carbocycles. The Kier molecular flexibility index (Phi) is 5.19. The average Bonchev–Trinajstić information content (AvgIpc) is 2.37. The third-order valence-corrected chi connectivity index (χ3v) is 4.62. The normalized spacial score (nSPS) is 25.9. The lowest BCUT2D eigenvalue weighted by molar-refractivity contribution is 0.222. The summed E-state index contributed by atoms with van der Waals surface area (Å²) >= 11 is 3.65. The molecule has 3 unspecified atom stereocenters. The minimum atomic E-state index is 0.397. The number of hydrogen-bond acceptors (Lipinski definition) is 2. The maximum Gasteiger partial charge on any atom is 0.0717 e. The molecular weight excluding hydrogens is 288 g/mol. The van der Waals surface area contributed by atoms with Gasteiger partial charge in [-0.2, -0.15) is 0 Å². The van der Waals surface area contributed by atoms with Gasteiger partial charge in [0.05, 0.1) is 11.7 Å². The van der Waals surface area contributed by atoms with Crippen LogP contribution in [-0.4, -0.2) is 11.5 Å². The maximum atomic E-state index is 4.59. The van der Waals surface area contributed by atoms with Gasteiger partial charge in [-0.3, -0.25) is 4.98 Å². The Hall–Kier alpha value is -0.410. The highest BCUT2D eigenvalue weighted by molar-refractivity contribution is 9.10. The summed E-state index contributed by atoms with van der Waals surface area (Å²) in [6, 6.07) is 4.48. The Bertz CT molecular complexity index is 381. The Labute approximate surface area is 119 Å². The quantitative estimate of drug-likeness (QED) is 0.895. The van der Waals surface area contributed by atoms with E-state index in [1.54, 1.807) is 0 Å². The summed E-state index contributed by atoms with van der Waals surface area (Å²) in [5.41, 5.74) is 1.18. The molecule has 0 spiro atoms. The summed E-state index contributed by atoms with van der Waals surface area (Å²) in [6.07, 6.45) is 7.29. The van der Waals surface area contributed by atoms with Crippen molar-refractivity contribution in [2.45, 2.75) is 45.6 Å². The summed E-state index contributed by atoms with van der Waals surface area (Å²) in [6.45, 7) is 5.55. The summed E-state index contributed by atoms with van der Waals surface area (Å²) in [4.78, 5) is 4.59. The number of nitrogens with zero attached hydrogens (tertiary/aromatic N) is 1. The van der Waals surface area contributed by atoms with E-state index in [0.717, 1.165) is 22.9 Å². The smallest absolute Gasteiger partial charge is 0.0717 e. The highest BCUT2D eigenvalue weighted by Crippen LogP contribution is 2.38. The van der Waals surface area contributed by atoms with Crippen molar-refractivity contribution in [3.8, 4) is 0 Å². The summed E-state index contributed by atoms with van der Waals surface area (Å²) in [5, 5.41) is 3.64. The van der Waals surface area contributed by atoms with Gasteiger partial charge in [-0.1, -0.05) is 26.7 Å². The number of rotatable bonds is 4. The molecule has 1 aromatic heterocycles. The highest BCUT2D eigenvalue weighted by Gasteiger charge is 2.29. The summed E-state index contributed by atoms with van der Waals surface area (Å²) in [5.74, 6) is 1.58. The number of pyridine rings is 1. The van der Waals surface area contributed by atoms with Crippen LogP contribution in [0.25, 0.3) is 0 Å². The first-order valence-electron chi connectivity index (χ1n) is 7.06. The second-order valence-electron chi connectivity index (χ2n) is 5.44. The van der Waals surface area contributed by atoms with Crippen molar-refractivity contribution in [1.29, 1.82) is 0 Å². The predicted octanol–water partition coefficient (Wildman–Crippen LogP) is 4.32. The van der Waals surface area contributed by atoms with E-state index in [-0.39, 0.29) is 0 Å². The van der Waals surface area contributed by atoms with E-state index in [0.29, 0.717) is 6.04 Å². The molecule has 0 aliphatic heterocycles. The molecule has 1 heterocycles. The number of aromatic nitrogens is 1. The molecule has 1 fully saturated rings. The molecule has 1 aromatic rings. The summed E-state index contributed by atoms with van der Waals surface area (Å²) < 4.78 is 1.13. The lowest BCUT2D eigenvalue weighted by Crippen LogP contribution is -2.32. The zero-order valence-electron chi connectivity index (χ0n) is 11.3. The van der Waals surface area contributed by atoms with Crippen LogP contribution in [0.5, 0.6) is 0 Å². The van der Waals surface area contributed by atoms with Gasteiger partial charge in [0, 0.05) is 10.7 Å². The van der Waals surface area contributed by atoms with Crippen molar-refractivity contribution >= 4 is 15.9 Å². The van der Waals surface area contributed by atoms with Gasteiger partial charge in [-0.15, -0.1) is 0 Å². The van der Waals surface area contributed by atoms with Gasteiger partial charge in [0.25, 0.3) is 0 Å². The molecule has 0 saturated heterocycles. The molecule has 2 nitrogen and oxygen atoms in total. The molecule has 100 valence electrons. The molecule has 1 aliphatic carbocycles. The van der Waals surface area contributed by atoms with Crippen LogP contribution in [0, 0.1) is 11.8 Å². The second-order valence-corrected chi connectivity index (χ2v) is 6.29. The predicted molar refractivity (Wildman–Crippen MR) is 79.5 cm³/mol. The molecule has 0 amide bonds. The zero-order valence-corrected chi connectivity index (χ0v) is 12.9. The van der Waals surface area contributed by atoms with E-state index in [9.17, 15) is 0 Å². The van der Waals surface area contributed by atoms with E-state index < -0.39 is 0 Å². The number of nitrogens with one attached hydrogen (secondary N) is 1. The zero-order chi connectivity index (χ0) is 13.0. The molecule has 3 heteroatoms. The van der Waals surface area contributed by atoms with E-state index >= 15 is 0 Å². The van der Waals surface area contributed by atoms with Gasteiger partial charge in [-0.25, -0.2) is 0 Å². The maximum absolute atomic E-state index is 4.59. The van der Waals surface area contributed by atoms with Crippen LogP contribution < -0.4 is 5.32 Å². The SMILES string of the molecule is CCNC(c1ncccc1Br)C1CCCC(C)C1. The van der Waals surface area contributed by atoms with E-state index in [4.69, 9.17) is 0 Å². The third-order valence-electron chi connectivity index (χ3n) is 3.95. The molecule has 1 aliphatic rings. The lowest BCUT2D eigenvalue weighted by atomic mass is 9.77. The van der Waals surface area contributed by atoms with Gasteiger partial charge in [0.2, 0.25) is 0 Å². The Balaban J connectivity index is 2.19. The van der Waals surface area contributed by atoms with Crippen molar-refractivity contribution in [3.05, 3.63) is 28.5 Å². The largest absolute Gasteiger partial charge is 0.309 e. The van der Waals surface area contributed by atoms with Crippen LogP contribution in [0.4, 0.5) is 0 Å². The van der Waals surface area contributed by atoms with E-state index in [1.165, 1.54) is 31.4 Å². The van der Waals surface area contributed by atoms with Gasteiger partial charge in [0.15, 0.2) is 0 Å². The Morgan fingerprint density at radius 3 is 3.00 bits per heavy atom. The Morgan fingerprint density at radius 1 is 1.50 bits per heavy atom. The van der Waals surface area contributed by atoms with Gasteiger partial charge in [-0.05, 0) is 59.3 Å². The monoisotopic (exact) mass is 310 g/mol. The van der Waals surface area contributed by atoms with Crippen molar-refractivity contribution in [1.82, 2.24) is 10.3 Å². The number of hydrogen-bond donors (Lipinski definition) is 1. The fourth-order valence-corrected chi connectivity index (χ4v) is 3.62. The molecular formula is C15H23BrN2. The van der Waals surface area contributed by atoms with Crippen LogP contribution in [0.3, 0.4) is 0 Å². The fourth-order valence-electron chi connectivity index (χ4n) is 3.12. The second kappa shape index (κ2) is 6.67. The van der Waals surface area contributed by atoms with E-state index in [1.807, 2.05) is 12.3 Å². The fraction of sp³-hybridized carbons (Fsp3) is 0.667. The van der Waals surface area contributed by atoms with Crippen molar-refractivity contribution < 1.29 is 0 Å². The first-order valence-corrected chi connectivity index (χ1v) is 7.85. The van der Waals surface area contributed by atoms with Crippen molar-refractivity contribution in [2.24, 2.45) is 11.8 Å². The molecule has 3 atom stereocenters. The molecule has 18 heavy (non-hydrogen) atoms. The lowest BCUT2D eigenvalue weighted by Gasteiger charge is -2.33. The first-order chi connectivity index (χ1) is 8.72. The topological polar surface area (TPSA) is 24.9 Å².